The maximum Gasteiger partial charge on any atom is 0.220 e. The van der Waals surface area contributed by atoms with Crippen LogP contribution in [0.25, 0.3) is 11.0 Å². The van der Waals surface area contributed by atoms with E-state index in [2.05, 4.69) is 5.32 Å². The zero-order valence-electron chi connectivity index (χ0n) is 13.1. The molecule has 1 atom stereocenters. The first-order chi connectivity index (χ1) is 9.67. The van der Waals surface area contributed by atoms with Crippen LogP contribution in [0.3, 0.4) is 0 Å². The lowest BCUT2D eigenvalue weighted by molar-refractivity contribution is -0.124. The summed E-state index contributed by atoms with van der Waals surface area (Å²) in [7, 11) is 0. The molecule has 114 valence electrons. The Balaban J connectivity index is 2.06. The number of aliphatic hydroxyl groups is 1. The van der Waals surface area contributed by atoms with E-state index in [0.717, 1.165) is 11.0 Å². The van der Waals surface area contributed by atoms with Crippen molar-refractivity contribution < 1.29 is 14.3 Å². The fourth-order valence-electron chi connectivity index (χ4n) is 2.15. The largest absolute Gasteiger partial charge is 0.458 e. The van der Waals surface area contributed by atoms with Gasteiger partial charge in [0, 0.05) is 11.8 Å². The number of hydrogen-bond donors (Lipinski definition) is 2. The van der Waals surface area contributed by atoms with E-state index in [9.17, 15) is 9.90 Å². The molecule has 0 bridgehead atoms. The van der Waals surface area contributed by atoms with Gasteiger partial charge in [0.05, 0.1) is 6.54 Å². The smallest absolute Gasteiger partial charge is 0.220 e. The summed E-state index contributed by atoms with van der Waals surface area (Å²) in [6.45, 7) is 7.78. The van der Waals surface area contributed by atoms with Crippen molar-refractivity contribution in [3.63, 3.8) is 0 Å². The van der Waals surface area contributed by atoms with Gasteiger partial charge in [0.15, 0.2) is 0 Å². The summed E-state index contributed by atoms with van der Waals surface area (Å²) in [5.74, 6) is 0.388. The number of amides is 1. The van der Waals surface area contributed by atoms with Crippen LogP contribution in [0.4, 0.5) is 0 Å². The Bertz CT molecular complexity index is 602. The van der Waals surface area contributed by atoms with Gasteiger partial charge in [-0.3, -0.25) is 4.79 Å². The van der Waals surface area contributed by atoms with Crippen LogP contribution in [0, 0.1) is 5.41 Å². The van der Waals surface area contributed by atoms with Gasteiger partial charge in [0.25, 0.3) is 0 Å². The molecule has 4 heteroatoms. The third-order valence-corrected chi connectivity index (χ3v) is 3.28. The highest BCUT2D eigenvalue weighted by Gasteiger charge is 2.28. The summed E-state index contributed by atoms with van der Waals surface area (Å²) in [6.07, 6.45) is 0.420. The molecule has 1 heterocycles. The van der Waals surface area contributed by atoms with Crippen LogP contribution in [0.15, 0.2) is 34.7 Å². The van der Waals surface area contributed by atoms with E-state index in [1.807, 2.05) is 51.1 Å². The van der Waals surface area contributed by atoms with Crippen LogP contribution in [0.5, 0.6) is 0 Å². The minimum atomic E-state index is -1.23. The average Bonchev–Trinajstić information content (AvgIpc) is 2.79. The molecular formula is C17H23NO3. The molecule has 2 rings (SSSR count). The fraction of sp³-hybridized carbons (Fsp3) is 0.471. The Labute approximate surface area is 125 Å². The SMILES string of the molecule is CC(C)(C)CC(=O)NC[C@](C)(O)c1cc2ccccc2o1. The number of furan rings is 1. The van der Waals surface area contributed by atoms with Crippen molar-refractivity contribution in [2.24, 2.45) is 5.41 Å². The van der Waals surface area contributed by atoms with Crippen LogP contribution < -0.4 is 5.32 Å². The van der Waals surface area contributed by atoms with Gasteiger partial charge >= 0.3 is 0 Å². The molecule has 0 saturated heterocycles. The zero-order valence-corrected chi connectivity index (χ0v) is 13.1. The molecule has 2 N–H and O–H groups in total. The molecule has 0 saturated carbocycles. The summed E-state index contributed by atoms with van der Waals surface area (Å²) < 4.78 is 5.66. The monoisotopic (exact) mass is 289 g/mol. The number of hydrogen-bond acceptors (Lipinski definition) is 3. The highest BCUT2D eigenvalue weighted by atomic mass is 16.4. The quantitative estimate of drug-likeness (QED) is 0.908. The van der Waals surface area contributed by atoms with Gasteiger partial charge < -0.3 is 14.8 Å². The van der Waals surface area contributed by atoms with Gasteiger partial charge in [-0.1, -0.05) is 39.0 Å². The molecule has 1 aromatic heterocycles. The summed E-state index contributed by atoms with van der Waals surface area (Å²) in [4.78, 5) is 11.9. The summed E-state index contributed by atoms with van der Waals surface area (Å²) >= 11 is 0. The standard InChI is InChI=1S/C17H23NO3/c1-16(2,3)10-15(19)18-11-17(4,20)14-9-12-7-5-6-8-13(12)21-14/h5-9,20H,10-11H2,1-4H3,(H,18,19)/t17-/m0/s1. The Hall–Kier alpha value is -1.81. The fourth-order valence-corrected chi connectivity index (χ4v) is 2.15. The lowest BCUT2D eigenvalue weighted by atomic mass is 9.92. The summed E-state index contributed by atoms with van der Waals surface area (Å²) in [5, 5.41) is 14.2. The topological polar surface area (TPSA) is 62.5 Å². The molecular weight excluding hydrogens is 266 g/mol. The minimum absolute atomic E-state index is 0.0705. The minimum Gasteiger partial charge on any atom is -0.458 e. The normalized spacial score (nSPS) is 14.9. The van der Waals surface area contributed by atoms with E-state index in [1.54, 1.807) is 6.92 Å². The van der Waals surface area contributed by atoms with Gasteiger partial charge in [-0.2, -0.15) is 0 Å². The first-order valence-corrected chi connectivity index (χ1v) is 7.15. The third-order valence-electron chi connectivity index (χ3n) is 3.28. The molecule has 0 fully saturated rings. The number of fused-ring (bicyclic) bond motifs is 1. The first-order valence-electron chi connectivity index (χ1n) is 7.15. The van der Waals surface area contributed by atoms with Crippen LogP contribution in [0.1, 0.15) is 39.9 Å². The van der Waals surface area contributed by atoms with Crippen molar-refractivity contribution in [2.75, 3.05) is 6.54 Å². The Morgan fingerprint density at radius 2 is 1.90 bits per heavy atom. The van der Waals surface area contributed by atoms with Crippen LogP contribution in [0.2, 0.25) is 0 Å². The van der Waals surface area contributed by atoms with Crippen molar-refractivity contribution in [3.05, 3.63) is 36.1 Å². The second kappa shape index (κ2) is 5.53. The molecule has 2 aromatic rings. The molecule has 1 amide bonds. The Kier molecular flexibility index (Phi) is 4.10. The van der Waals surface area contributed by atoms with Crippen LogP contribution in [-0.4, -0.2) is 17.6 Å². The number of benzene rings is 1. The number of rotatable bonds is 4. The molecule has 0 radical (unpaired) electrons. The first kappa shape index (κ1) is 15.6. The van der Waals surface area contributed by atoms with Gasteiger partial charge in [-0.15, -0.1) is 0 Å². The lowest BCUT2D eigenvalue weighted by Crippen LogP contribution is -2.39. The second-order valence-electron chi connectivity index (χ2n) is 6.94. The van der Waals surface area contributed by atoms with E-state index in [-0.39, 0.29) is 17.9 Å². The highest BCUT2D eigenvalue weighted by molar-refractivity contribution is 5.78. The third kappa shape index (κ3) is 4.08. The molecule has 0 aliphatic heterocycles. The van der Waals surface area contributed by atoms with Crippen molar-refractivity contribution in [1.29, 1.82) is 0 Å². The number of para-hydroxylation sites is 1. The van der Waals surface area contributed by atoms with E-state index in [0.29, 0.717) is 12.2 Å². The van der Waals surface area contributed by atoms with E-state index < -0.39 is 5.60 Å². The Morgan fingerprint density at radius 3 is 2.52 bits per heavy atom. The summed E-state index contributed by atoms with van der Waals surface area (Å²) in [5.41, 5.74) is -0.573. The zero-order chi connectivity index (χ0) is 15.7. The molecule has 0 spiro atoms. The van der Waals surface area contributed by atoms with Gasteiger partial charge in [0.1, 0.15) is 16.9 Å². The molecule has 21 heavy (non-hydrogen) atoms. The highest BCUT2D eigenvalue weighted by Crippen LogP contribution is 2.27. The van der Waals surface area contributed by atoms with E-state index in [1.165, 1.54) is 0 Å². The van der Waals surface area contributed by atoms with Crippen molar-refractivity contribution in [3.8, 4) is 0 Å². The maximum atomic E-state index is 11.9. The van der Waals surface area contributed by atoms with Crippen molar-refractivity contribution >= 4 is 16.9 Å². The molecule has 4 nitrogen and oxygen atoms in total. The van der Waals surface area contributed by atoms with Crippen molar-refractivity contribution in [1.82, 2.24) is 5.32 Å². The predicted molar refractivity (Wildman–Crippen MR) is 82.9 cm³/mol. The van der Waals surface area contributed by atoms with E-state index in [4.69, 9.17) is 4.42 Å². The molecule has 1 aromatic carbocycles. The number of carbonyl (C=O) groups excluding carboxylic acids is 1. The molecule has 0 aliphatic carbocycles. The van der Waals surface area contributed by atoms with Gasteiger partial charge in [-0.05, 0) is 24.5 Å². The van der Waals surface area contributed by atoms with Crippen LogP contribution in [-0.2, 0) is 10.4 Å². The molecule has 0 unspecified atom stereocenters. The van der Waals surface area contributed by atoms with Gasteiger partial charge in [0.2, 0.25) is 5.91 Å². The maximum absolute atomic E-state index is 11.9. The second-order valence-corrected chi connectivity index (χ2v) is 6.94. The van der Waals surface area contributed by atoms with Gasteiger partial charge in [-0.25, -0.2) is 0 Å². The van der Waals surface area contributed by atoms with Crippen molar-refractivity contribution in [2.45, 2.75) is 39.7 Å². The Morgan fingerprint density at radius 1 is 1.24 bits per heavy atom. The van der Waals surface area contributed by atoms with Crippen LogP contribution >= 0.6 is 0 Å². The summed E-state index contributed by atoms with van der Waals surface area (Å²) in [6, 6.07) is 9.39. The number of carbonyl (C=O) groups is 1. The van der Waals surface area contributed by atoms with E-state index >= 15 is 0 Å². The lowest BCUT2D eigenvalue weighted by Gasteiger charge is -2.23. The molecule has 0 aliphatic rings. The number of nitrogens with one attached hydrogen (secondary N) is 1. The average molecular weight is 289 g/mol. The predicted octanol–water partition coefficient (Wildman–Crippen LogP) is 3.19.